The number of rotatable bonds is 5. The first-order valence-electron chi connectivity index (χ1n) is 24.8. The molecule has 372 valence electrons. The number of piperidine rings is 2. The van der Waals surface area contributed by atoms with Gasteiger partial charge in [-0.2, -0.15) is 0 Å². The molecule has 2 amide bonds. The second-order valence-corrected chi connectivity index (χ2v) is 24.3. The number of hydrogen-bond acceptors (Lipinski definition) is 10. The molecule has 0 atom stereocenters. The van der Waals surface area contributed by atoms with Crippen molar-refractivity contribution < 1.29 is 47.5 Å². The van der Waals surface area contributed by atoms with Crippen molar-refractivity contribution in [2.24, 2.45) is 10.8 Å². The summed E-state index contributed by atoms with van der Waals surface area (Å²) in [4.78, 5) is 82.0. The van der Waals surface area contributed by atoms with E-state index in [2.05, 4.69) is 35.8 Å². The van der Waals surface area contributed by atoms with Crippen molar-refractivity contribution in [2.75, 3.05) is 26.2 Å². The predicted molar refractivity (Wildman–Crippen MR) is 267 cm³/mol. The molecular weight excluding hydrogens is 927 g/mol. The summed E-state index contributed by atoms with van der Waals surface area (Å²) >= 11 is 3.52. The fraction of sp³-hybridized carbons (Fsp3) is 0.667. The highest BCUT2D eigenvalue weighted by Crippen LogP contribution is 2.49. The van der Waals surface area contributed by atoms with Crippen LogP contribution in [0.4, 0.5) is 9.59 Å². The monoisotopic (exact) mass is 1000 g/mol. The van der Waals surface area contributed by atoms with Gasteiger partial charge in [0, 0.05) is 56.3 Å². The summed E-state index contributed by atoms with van der Waals surface area (Å²) in [6.07, 6.45) is 4.99. The molecule has 3 aliphatic heterocycles. The molecule has 68 heavy (non-hydrogen) atoms. The van der Waals surface area contributed by atoms with Crippen LogP contribution in [0.15, 0.2) is 28.7 Å². The molecule has 7 rings (SSSR count). The minimum Gasteiger partial charge on any atom is -0.444 e. The van der Waals surface area contributed by atoms with Gasteiger partial charge in [-0.15, -0.1) is 0 Å². The summed E-state index contributed by atoms with van der Waals surface area (Å²) < 4.78 is 24.5. The van der Waals surface area contributed by atoms with E-state index in [1.165, 1.54) is 0 Å². The minimum atomic E-state index is -0.730. The normalized spacial score (nSPS) is 22.6. The van der Waals surface area contributed by atoms with Crippen LogP contribution < -0.4 is 5.46 Å². The van der Waals surface area contributed by atoms with Crippen LogP contribution in [0, 0.1) is 24.7 Å². The van der Waals surface area contributed by atoms with E-state index >= 15 is 0 Å². The van der Waals surface area contributed by atoms with E-state index < -0.39 is 41.4 Å². The van der Waals surface area contributed by atoms with Gasteiger partial charge in [0.2, 0.25) is 0 Å². The number of benzene rings is 2. The molecule has 3 saturated heterocycles. The molecule has 0 unspecified atom stereocenters. The van der Waals surface area contributed by atoms with E-state index in [9.17, 15) is 28.8 Å². The number of hydrogen-bond donors (Lipinski definition) is 0. The van der Waals surface area contributed by atoms with E-state index in [1.54, 1.807) is 9.80 Å². The smallest absolute Gasteiger partial charge is 0.444 e. The van der Waals surface area contributed by atoms with Gasteiger partial charge in [-0.1, -0.05) is 41.9 Å². The average Bonchev–Trinajstić information content (AvgIpc) is 3.43. The second-order valence-electron chi connectivity index (χ2n) is 23.4. The Morgan fingerprint density at radius 3 is 1.29 bits per heavy atom. The molecule has 2 aliphatic carbocycles. The maximum atomic E-state index is 13.6. The third-order valence-corrected chi connectivity index (χ3v) is 15.7. The van der Waals surface area contributed by atoms with Crippen LogP contribution in [-0.2, 0) is 50.8 Å². The Kier molecular flexibility index (Phi) is 15.5. The topological polar surface area (TPSA) is 146 Å². The lowest BCUT2D eigenvalue weighted by Gasteiger charge is -2.44. The number of halogens is 1. The standard InChI is InChI=1S/C30H44BNO6.C24H32BrNO4/c1-10-20-16-21(31-37-28(6,7)29(8,9)38-31)15-19(2)24(20)25-22(33)17-30(18-23(25)34)11-13-32(14-12-30)26(35)36-27(3,4)5;1-6-16-12-17(25)11-15(2)20(16)21-18(27)13-24(14-19(21)28)7-9-26(10-8-24)22(29)30-23(3,4)5/h15-16,25H,10-14,17-18H2,1-9H3;11-12,21H,6-10,13-14H2,1-5H3. The lowest BCUT2D eigenvalue weighted by molar-refractivity contribution is -0.140. The Balaban J connectivity index is 0.000000230. The van der Waals surface area contributed by atoms with E-state index in [-0.39, 0.29) is 46.1 Å². The van der Waals surface area contributed by atoms with Crippen molar-refractivity contribution >= 4 is 63.8 Å². The highest BCUT2D eigenvalue weighted by Gasteiger charge is 2.53. The molecule has 5 aliphatic rings. The molecule has 3 heterocycles. The van der Waals surface area contributed by atoms with Gasteiger partial charge < -0.3 is 28.6 Å². The van der Waals surface area contributed by atoms with Gasteiger partial charge >= 0.3 is 19.3 Å². The summed E-state index contributed by atoms with van der Waals surface area (Å²) in [7, 11) is -0.491. The summed E-state index contributed by atoms with van der Waals surface area (Å²) in [5.41, 5.74) is 3.98. The van der Waals surface area contributed by atoms with Gasteiger partial charge in [-0.3, -0.25) is 19.2 Å². The van der Waals surface area contributed by atoms with E-state index in [0.717, 1.165) is 49.7 Å². The SMILES string of the molecule is CCc1cc(B2OC(C)(C)C(C)(C)O2)cc(C)c1C1C(=O)CC2(CCN(C(=O)OC(C)(C)C)CC2)CC1=O.CCc1cc(Br)cc(C)c1C1C(=O)CC2(CCN(C(=O)OC(C)(C)C)CC2)CC1=O. The highest BCUT2D eigenvalue weighted by atomic mass is 79.9. The van der Waals surface area contributed by atoms with Gasteiger partial charge in [-0.05, 0) is 183 Å². The van der Waals surface area contributed by atoms with Gasteiger partial charge in [0.25, 0.3) is 0 Å². The Morgan fingerprint density at radius 1 is 0.618 bits per heavy atom. The van der Waals surface area contributed by atoms with Gasteiger partial charge in [-0.25, -0.2) is 9.59 Å². The van der Waals surface area contributed by atoms with Gasteiger partial charge in [0.1, 0.15) is 46.2 Å². The van der Waals surface area contributed by atoms with E-state index in [4.69, 9.17) is 18.8 Å². The summed E-state index contributed by atoms with van der Waals surface area (Å²) in [5, 5.41) is 0. The van der Waals surface area contributed by atoms with Crippen LogP contribution in [0.2, 0.25) is 0 Å². The molecule has 2 saturated carbocycles. The van der Waals surface area contributed by atoms with Crippen molar-refractivity contribution in [3.63, 3.8) is 0 Å². The zero-order valence-corrected chi connectivity index (χ0v) is 44.9. The Bertz CT molecular complexity index is 2250. The second kappa shape index (κ2) is 19.7. The van der Waals surface area contributed by atoms with Crippen molar-refractivity contribution in [1.29, 1.82) is 0 Å². The number of likely N-dealkylation sites (tertiary alicyclic amines) is 2. The molecule has 2 aromatic carbocycles. The third-order valence-electron chi connectivity index (χ3n) is 15.2. The maximum Gasteiger partial charge on any atom is 0.494 e. The molecule has 2 aromatic rings. The number of Topliss-reactive ketones (excluding diaryl/α,β-unsaturated/α-hetero) is 4. The number of carbonyl (C=O) groups excluding carboxylic acids is 6. The molecule has 14 heteroatoms. The summed E-state index contributed by atoms with van der Waals surface area (Å²) in [6, 6.07) is 8.07. The van der Waals surface area contributed by atoms with Crippen molar-refractivity contribution in [2.45, 2.75) is 195 Å². The van der Waals surface area contributed by atoms with Crippen molar-refractivity contribution in [1.82, 2.24) is 9.80 Å². The zero-order valence-electron chi connectivity index (χ0n) is 43.3. The highest BCUT2D eigenvalue weighted by molar-refractivity contribution is 9.10. The quantitative estimate of drug-likeness (QED) is 0.210. The predicted octanol–water partition coefficient (Wildman–Crippen LogP) is 10.2. The Hall–Kier alpha value is -3.88. The number of amides is 2. The largest absolute Gasteiger partial charge is 0.494 e. The van der Waals surface area contributed by atoms with Gasteiger partial charge in [0.15, 0.2) is 0 Å². The molecule has 0 radical (unpaired) electrons. The number of ether oxygens (including phenoxy) is 2. The van der Waals surface area contributed by atoms with Gasteiger partial charge in [0.05, 0.1) is 11.2 Å². The molecule has 5 fully saturated rings. The molecular formula is C54H76BBrN2O10. The minimum absolute atomic E-state index is 0.00634. The number of nitrogens with zero attached hydrogens (tertiary/aromatic N) is 2. The van der Waals surface area contributed by atoms with Crippen LogP contribution in [0.25, 0.3) is 0 Å². The average molecular weight is 1000 g/mol. The Labute approximate surface area is 413 Å². The molecule has 0 aromatic heterocycles. The van der Waals surface area contributed by atoms with Crippen LogP contribution in [0.3, 0.4) is 0 Å². The first kappa shape index (κ1) is 53.5. The molecule has 0 bridgehead atoms. The maximum absolute atomic E-state index is 13.6. The number of aryl methyl sites for hydroxylation is 4. The lowest BCUT2D eigenvalue weighted by Crippen LogP contribution is -2.49. The van der Waals surface area contributed by atoms with E-state index in [0.29, 0.717) is 84.0 Å². The van der Waals surface area contributed by atoms with Crippen LogP contribution >= 0.6 is 15.9 Å². The van der Waals surface area contributed by atoms with Crippen molar-refractivity contribution in [3.8, 4) is 0 Å². The fourth-order valence-electron chi connectivity index (χ4n) is 11.0. The first-order valence-corrected chi connectivity index (χ1v) is 25.6. The Morgan fingerprint density at radius 2 is 0.956 bits per heavy atom. The van der Waals surface area contributed by atoms with Crippen molar-refractivity contribution in [3.05, 3.63) is 62.1 Å². The summed E-state index contributed by atoms with van der Waals surface area (Å²) in [5.74, 6) is -1.34. The van der Waals surface area contributed by atoms with Crippen LogP contribution in [-0.4, -0.2) is 101 Å². The first-order chi connectivity index (χ1) is 31.4. The molecule has 12 nitrogen and oxygen atoms in total. The number of carbonyl (C=O) groups is 6. The molecule has 0 N–H and O–H groups in total. The molecule has 2 spiro atoms. The van der Waals surface area contributed by atoms with Crippen LogP contribution in [0.5, 0.6) is 0 Å². The third kappa shape index (κ3) is 11.7. The zero-order chi connectivity index (χ0) is 50.5. The van der Waals surface area contributed by atoms with Crippen LogP contribution in [0.1, 0.15) is 180 Å². The number of ketones is 4. The van der Waals surface area contributed by atoms with E-state index in [1.807, 2.05) is 101 Å². The fourth-order valence-corrected chi connectivity index (χ4v) is 11.6. The summed E-state index contributed by atoms with van der Waals surface area (Å²) in [6.45, 7) is 29.3. The lowest BCUT2D eigenvalue weighted by atomic mass is 9.62.